The number of nitrogens with zero attached hydrogens (tertiary/aromatic N) is 1. The van der Waals surface area contributed by atoms with Crippen LogP contribution in [0, 0.1) is 5.92 Å². The molecule has 0 aromatic heterocycles. The summed E-state index contributed by atoms with van der Waals surface area (Å²) in [6, 6.07) is 0.260. The van der Waals surface area contributed by atoms with Crippen molar-refractivity contribution < 1.29 is 19.4 Å². The largest absolute Gasteiger partial charge is 0.444 e. The lowest BCUT2D eigenvalue weighted by Gasteiger charge is -2.32. The molecule has 0 aromatic rings. The van der Waals surface area contributed by atoms with E-state index < -0.39 is 5.60 Å². The Balaban J connectivity index is 1.90. The summed E-state index contributed by atoms with van der Waals surface area (Å²) in [6.45, 7) is 10.9. The lowest BCUT2D eigenvalue weighted by molar-refractivity contribution is -0.0101. The van der Waals surface area contributed by atoms with E-state index in [-0.39, 0.29) is 24.3 Å². The van der Waals surface area contributed by atoms with Crippen LogP contribution in [-0.2, 0) is 9.47 Å². The van der Waals surface area contributed by atoms with E-state index in [1.54, 1.807) is 4.90 Å². The van der Waals surface area contributed by atoms with Gasteiger partial charge in [-0.2, -0.15) is 0 Å². The van der Waals surface area contributed by atoms with Crippen LogP contribution in [0.25, 0.3) is 0 Å². The summed E-state index contributed by atoms with van der Waals surface area (Å²) in [6.07, 6.45) is 2.36. The molecular weight excluding hydrogens is 296 g/mol. The number of carbonyl (C=O) groups excluding carboxylic acids is 1. The average molecular weight is 328 g/mol. The third kappa shape index (κ3) is 4.81. The van der Waals surface area contributed by atoms with Gasteiger partial charge in [0, 0.05) is 25.8 Å². The minimum atomic E-state index is -0.471. The first-order valence-corrected chi connectivity index (χ1v) is 8.72. The molecule has 2 saturated heterocycles. The Bertz CT molecular complexity index is 410. The molecule has 2 fully saturated rings. The number of amides is 1. The maximum atomic E-state index is 12.3. The first-order chi connectivity index (χ1) is 10.8. The van der Waals surface area contributed by atoms with Gasteiger partial charge in [0.05, 0.1) is 6.54 Å². The summed E-state index contributed by atoms with van der Waals surface area (Å²) in [5.41, 5.74) is -0.753. The number of aliphatic hydroxyl groups is 1. The Hall–Kier alpha value is -0.850. The van der Waals surface area contributed by atoms with Crippen LogP contribution < -0.4 is 5.32 Å². The number of carbonyl (C=O) groups is 1. The van der Waals surface area contributed by atoms with Gasteiger partial charge in [-0.05, 0) is 52.5 Å². The molecule has 0 radical (unpaired) electrons. The van der Waals surface area contributed by atoms with Crippen LogP contribution in [0.4, 0.5) is 4.79 Å². The van der Waals surface area contributed by atoms with Gasteiger partial charge in [0.15, 0.2) is 0 Å². The second-order valence-electron chi connectivity index (χ2n) is 7.93. The van der Waals surface area contributed by atoms with E-state index in [1.807, 2.05) is 20.8 Å². The van der Waals surface area contributed by atoms with Gasteiger partial charge in [-0.25, -0.2) is 4.79 Å². The van der Waals surface area contributed by atoms with Gasteiger partial charge < -0.3 is 24.8 Å². The monoisotopic (exact) mass is 328 g/mol. The zero-order chi connectivity index (χ0) is 17.1. The third-order valence-corrected chi connectivity index (χ3v) is 4.68. The average Bonchev–Trinajstić information content (AvgIpc) is 3.03. The lowest BCUT2D eigenvalue weighted by Crippen LogP contribution is -2.51. The van der Waals surface area contributed by atoms with Gasteiger partial charge in [0.25, 0.3) is 0 Å². The first kappa shape index (κ1) is 18.5. The van der Waals surface area contributed by atoms with Crippen LogP contribution in [-0.4, -0.2) is 66.2 Å². The van der Waals surface area contributed by atoms with E-state index in [0.717, 1.165) is 32.4 Å². The van der Waals surface area contributed by atoms with Crippen LogP contribution in [0.2, 0.25) is 0 Å². The van der Waals surface area contributed by atoms with E-state index in [9.17, 15) is 4.79 Å². The summed E-state index contributed by atoms with van der Waals surface area (Å²) in [5.74, 6) is 0.431. The molecule has 0 aromatic carbocycles. The van der Waals surface area contributed by atoms with Gasteiger partial charge in [-0.15, -0.1) is 0 Å². The van der Waals surface area contributed by atoms with Crippen molar-refractivity contribution in [2.75, 3.05) is 32.8 Å². The van der Waals surface area contributed by atoms with Crippen molar-refractivity contribution in [1.29, 1.82) is 0 Å². The van der Waals surface area contributed by atoms with Crippen molar-refractivity contribution >= 4 is 6.09 Å². The lowest BCUT2D eigenvalue weighted by atomic mass is 9.92. The summed E-state index contributed by atoms with van der Waals surface area (Å²) >= 11 is 0. The van der Waals surface area contributed by atoms with Gasteiger partial charge >= 0.3 is 6.09 Å². The fourth-order valence-electron chi connectivity index (χ4n) is 3.39. The van der Waals surface area contributed by atoms with Crippen molar-refractivity contribution in [3.8, 4) is 0 Å². The minimum absolute atomic E-state index is 0.224. The van der Waals surface area contributed by atoms with Crippen LogP contribution >= 0.6 is 0 Å². The molecule has 2 aliphatic heterocycles. The van der Waals surface area contributed by atoms with Crippen molar-refractivity contribution in [3.63, 3.8) is 0 Å². The number of aliphatic hydroxyl groups excluding tert-OH is 1. The number of hydrogen-bond acceptors (Lipinski definition) is 5. The summed E-state index contributed by atoms with van der Waals surface area (Å²) < 4.78 is 11.5. The van der Waals surface area contributed by atoms with Crippen molar-refractivity contribution in [2.45, 2.75) is 64.2 Å². The normalized spacial score (nSPS) is 29.3. The molecule has 0 bridgehead atoms. The Labute approximate surface area is 139 Å². The smallest absolute Gasteiger partial charge is 0.410 e. The topological polar surface area (TPSA) is 71.0 Å². The second-order valence-corrected chi connectivity index (χ2v) is 7.93. The Morgan fingerprint density at radius 3 is 2.91 bits per heavy atom. The van der Waals surface area contributed by atoms with E-state index in [0.29, 0.717) is 19.0 Å². The summed E-state index contributed by atoms with van der Waals surface area (Å²) in [7, 11) is 0. The molecule has 23 heavy (non-hydrogen) atoms. The fourth-order valence-corrected chi connectivity index (χ4v) is 3.39. The number of hydrogen-bond donors (Lipinski definition) is 2. The maximum Gasteiger partial charge on any atom is 0.410 e. The highest BCUT2D eigenvalue weighted by molar-refractivity contribution is 5.68. The molecule has 2 heterocycles. The van der Waals surface area contributed by atoms with Crippen LogP contribution in [0.1, 0.15) is 47.0 Å². The molecule has 134 valence electrons. The second kappa shape index (κ2) is 7.36. The van der Waals surface area contributed by atoms with Crippen LogP contribution in [0.3, 0.4) is 0 Å². The number of nitrogens with one attached hydrogen (secondary N) is 1. The predicted molar refractivity (Wildman–Crippen MR) is 88.4 cm³/mol. The van der Waals surface area contributed by atoms with E-state index in [1.165, 1.54) is 0 Å². The summed E-state index contributed by atoms with van der Waals surface area (Å²) in [5, 5.41) is 12.6. The van der Waals surface area contributed by atoms with Crippen LogP contribution in [0.5, 0.6) is 0 Å². The SMILES string of the molecule is CC(CCO)CNC1CCOC12CCN(C(=O)OC(C)(C)C)C2. The highest BCUT2D eigenvalue weighted by Gasteiger charge is 2.50. The Morgan fingerprint density at radius 1 is 1.52 bits per heavy atom. The molecule has 6 heteroatoms. The molecule has 3 atom stereocenters. The van der Waals surface area contributed by atoms with Crippen molar-refractivity contribution in [2.24, 2.45) is 5.92 Å². The molecule has 2 aliphatic rings. The first-order valence-electron chi connectivity index (χ1n) is 8.72. The number of rotatable bonds is 5. The standard InChI is InChI=1S/C17H32N2O4/c1-13(5-9-20)11-18-14-6-10-22-17(14)7-8-19(12-17)15(21)23-16(2,3)4/h13-14,18,20H,5-12H2,1-4H3. The van der Waals surface area contributed by atoms with Crippen molar-refractivity contribution in [3.05, 3.63) is 0 Å². The number of ether oxygens (including phenoxy) is 2. The van der Waals surface area contributed by atoms with E-state index in [4.69, 9.17) is 14.6 Å². The van der Waals surface area contributed by atoms with Crippen LogP contribution in [0.15, 0.2) is 0 Å². The number of likely N-dealkylation sites (tertiary alicyclic amines) is 1. The highest BCUT2D eigenvalue weighted by Crippen LogP contribution is 2.36. The summed E-state index contributed by atoms with van der Waals surface area (Å²) in [4.78, 5) is 14.0. The zero-order valence-corrected chi connectivity index (χ0v) is 14.9. The third-order valence-electron chi connectivity index (χ3n) is 4.68. The van der Waals surface area contributed by atoms with Gasteiger partial charge in [-0.3, -0.25) is 0 Å². The molecule has 0 aliphatic carbocycles. The van der Waals surface area contributed by atoms with Gasteiger partial charge in [-0.1, -0.05) is 6.92 Å². The molecular formula is C17H32N2O4. The van der Waals surface area contributed by atoms with Gasteiger partial charge in [0.2, 0.25) is 0 Å². The predicted octanol–water partition coefficient (Wildman–Crippen LogP) is 1.76. The van der Waals surface area contributed by atoms with Crippen molar-refractivity contribution in [1.82, 2.24) is 10.2 Å². The molecule has 1 amide bonds. The highest BCUT2D eigenvalue weighted by atomic mass is 16.6. The molecule has 2 rings (SSSR count). The maximum absolute atomic E-state index is 12.3. The Morgan fingerprint density at radius 2 is 2.26 bits per heavy atom. The quantitative estimate of drug-likeness (QED) is 0.805. The van der Waals surface area contributed by atoms with E-state index in [2.05, 4.69) is 12.2 Å². The molecule has 2 N–H and O–H groups in total. The molecule has 3 unspecified atom stereocenters. The molecule has 1 spiro atoms. The molecule has 0 saturated carbocycles. The van der Waals surface area contributed by atoms with Gasteiger partial charge in [0.1, 0.15) is 11.2 Å². The molecule has 6 nitrogen and oxygen atoms in total. The Kier molecular flexibility index (Phi) is 5.92. The fraction of sp³-hybridized carbons (Fsp3) is 0.941. The zero-order valence-electron chi connectivity index (χ0n) is 14.9. The van der Waals surface area contributed by atoms with E-state index >= 15 is 0 Å². The minimum Gasteiger partial charge on any atom is -0.444 e.